The van der Waals surface area contributed by atoms with Crippen molar-refractivity contribution in [2.75, 3.05) is 19.8 Å². The second-order valence-corrected chi connectivity index (χ2v) is 6.47. The van der Waals surface area contributed by atoms with Crippen molar-refractivity contribution in [3.8, 4) is 11.5 Å². The van der Waals surface area contributed by atoms with Crippen molar-refractivity contribution in [1.29, 1.82) is 0 Å². The summed E-state index contributed by atoms with van der Waals surface area (Å²) in [5, 5.41) is 9.07. The normalized spacial score (nSPS) is 22.6. The van der Waals surface area contributed by atoms with E-state index in [2.05, 4.69) is 0 Å². The summed E-state index contributed by atoms with van der Waals surface area (Å²) < 4.78 is 11.1. The Bertz CT molecular complexity index is 644. The second-order valence-electron chi connectivity index (χ2n) is 6.47. The maximum absolute atomic E-state index is 12.7. The lowest BCUT2D eigenvalue weighted by Crippen LogP contribution is -2.42. The number of carboxylic acid groups (broad SMARTS) is 1. The summed E-state index contributed by atoms with van der Waals surface area (Å²) >= 11 is 0. The van der Waals surface area contributed by atoms with Crippen LogP contribution in [0.2, 0.25) is 0 Å². The van der Waals surface area contributed by atoms with Crippen molar-refractivity contribution in [1.82, 2.24) is 4.90 Å². The number of amides is 1. The molecule has 1 aliphatic heterocycles. The number of aliphatic carboxylic acids is 1. The number of fused-ring (bicyclic) bond motifs is 1. The van der Waals surface area contributed by atoms with Crippen molar-refractivity contribution < 1.29 is 24.2 Å². The van der Waals surface area contributed by atoms with Gasteiger partial charge >= 0.3 is 5.97 Å². The summed E-state index contributed by atoms with van der Waals surface area (Å²) in [4.78, 5) is 25.3. The molecule has 6 nitrogen and oxygen atoms in total. The predicted molar refractivity (Wildman–Crippen MR) is 87.4 cm³/mol. The summed E-state index contributed by atoms with van der Waals surface area (Å²) in [7, 11) is 0. The number of benzene rings is 1. The van der Waals surface area contributed by atoms with Crippen LogP contribution in [-0.2, 0) is 9.59 Å². The molecule has 24 heavy (non-hydrogen) atoms. The standard InChI is InChI=1S/C18H23NO5/c1-3-11(2)19(10-17(20)21)18(22)14-9-13(14)12-4-5-15-16(8-12)24-7-6-23-15/h4-5,8,11,13-14H,3,6-7,9-10H2,1-2H3,(H,20,21). The summed E-state index contributed by atoms with van der Waals surface area (Å²) in [5.41, 5.74) is 1.05. The average Bonchev–Trinajstić information content (AvgIpc) is 3.38. The van der Waals surface area contributed by atoms with Gasteiger partial charge in [0.2, 0.25) is 5.91 Å². The monoisotopic (exact) mass is 333 g/mol. The van der Waals surface area contributed by atoms with Crippen molar-refractivity contribution in [3.63, 3.8) is 0 Å². The highest BCUT2D eigenvalue weighted by Gasteiger charge is 2.47. The Hall–Kier alpha value is -2.24. The molecule has 0 radical (unpaired) electrons. The number of ether oxygens (including phenoxy) is 2. The van der Waals surface area contributed by atoms with Gasteiger partial charge in [-0.3, -0.25) is 9.59 Å². The Balaban J connectivity index is 1.71. The van der Waals surface area contributed by atoms with Gasteiger partial charge < -0.3 is 19.5 Å². The van der Waals surface area contributed by atoms with E-state index in [9.17, 15) is 9.59 Å². The van der Waals surface area contributed by atoms with Gasteiger partial charge in [-0.05, 0) is 43.4 Å². The largest absolute Gasteiger partial charge is 0.486 e. The molecule has 0 bridgehead atoms. The first-order valence-electron chi connectivity index (χ1n) is 8.43. The number of rotatable bonds is 6. The lowest BCUT2D eigenvalue weighted by Gasteiger charge is -2.27. The first kappa shape index (κ1) is 16.6. The fourth-order valence-corrected chi connectivity index (χ4v) is 3.16. The van der Waals surface area contributed by atoms with Crippen molar-refractivity contribution in [2.24, 2.45) is 5.92 Å². The van der Waals surface area contributed by atoms with Crippen molar-refractivity contribution >= 4 is 11.9 Å². The van der Waals surface area contributed by atoms with E-state index >= 15 is 0 Å². The number of carbonyl (C=O) groups is 2. The summed E-state index contributed by atoms with van der Waals surface area (Å²) in [5.74, 6) is 0.420. The number of carbonyl (C=O) groups excluding carboxylic acids is 1. The highest BCUT2D eigenvalue weighted by Crippen LogP contribution is 2.50. The molecule has 0 spiro atoms. The molecule has 3 unspecified atom stereocenters. The van der Waals surface area contributed by atoms with Gasteiger partial charge in [-0.1, -0.05) is 13.0 Å². The van der Waals surface area contributed by atoms with Crippen LogP contribution in [0.4, 0.5) is 0 Å². The molecule has 1 aromatic rings. The zero-order valence-corrected chi connectivity index (χ0v) is 14.0. The van der Waals surface area contributed by atoms with Crippen LogP contribution in [0.25, 0.3) is 0 Å². The molecular weight excluding hydrogens is 310 g/mol. The Labute approximate surface area is 141 Å². The Morgan fingerprint density at radius 3 is 2.67 bits per heavy atom. The lowest BCUT2D eigenvalue weighted by molar-refractivity contribution is -0.146. The lowest BCUT2D eigenvalue weighted by atomic mass is 10.1. The van der Waals surface area contributed by atoms with Crippen LogP contribution in [0.15, 0.2) is 18.2 Å². The van der Waals surface area contributed by atoms with E-state index in [4.69, 9.17) is 14.6 Å². The van der Waals surface area contributed by atoms with Crippen molar-refractivity contribution in [2.45, 2.75) is 38.6 Å². The number of hydrogen-bond donors (Lipinski definition) is 1. The van der Waals surface area contributed by atoms with E-state index in [1.807, 2.05) is 32.0 Å². The van der Waals surface area contributed by atoms with Gasteiger partial charge in [0, 0.05) is 12.0 Å². The molecule has 1 heterocycles. The van der Waals surface area contributed by atoms with E-state index in [0.717, 1.165) is 29.9 Å². The van der Waals surface area contributed by atoms with Gasteiger partial charge in [0.15, 0.2) is 11.5 Å². The Kier molecular flexibility index (Phi) is 4.64. The fourth-order valence-electron chi connectivity index (χ4n) is 3.16. The van der Waals surface area contributed by atoms with Crippen LogP contribution < -0.4 is 9.47 Å². The minimum absolute atomic E-state index is 0.0633. The van der Waals surface area contributed by atoms with Gasteiger partial charge in [-0.2, -0.15) is 0 Å². The van der Waals surface area contributed by atoms with Crippen LogP contribution in [-0.4, -0.2) is 47.7 Å². The fraction of sp³-hybridized carbons (Fsp3) is 0.556. The van der Waals surface area contributed by atoms with Crippen LogP contribution in [0, 0.1) is 5.92 Å². The Morgan fingerprint density at radius 2 is 2.00 bits per heavy atom. The van der Waals surface area contributed by atoms with E-state index in [1.54, 1.807) is 0 Å². The predicted octanol–water partition coefficient (Wildman–Crippen LogP) is 2.27. The molecule has 1 aromatic carbocycles. The molecule has 130 valence electrons. The highest BCUT2D eigenvalue weighted by atomic mass is 16.6. The minimum atomic E-state index is -0.972. The molecule has 1 fully saturated rings. The van der Waals surface area contributed by atoms with E-state index in [0.29, 0.717) is 13.2 Å². The van der Waals surface area contributed by atoms with Gasteiger partial charge in [0.05, 0.1) is 0 Å². The molecule has 2 aliphatic rings. The molecule has 1 aliphatic carbocycles. The quantitative estimate of drug-likeness (QED) is 0.864. The minimum Gasteiger partial charge on any atom is -0.486 e. The second kappa shape index (κ2) is 6.71. The van der Waals surface area contributed by atoms with Crippen LogP contribution in [0.1, 0.15) is 38.2 Å². The first-order chi connectivity index (χ1) is 11.5. The van der Waals surface area contributed by atoms with Gasteiger partial charge in [-0.15, -0.1) is 0 Å². The van der Waals surface area contributed by atoms with E-state index < -0.39 is 5.97 Å². The van der Waals surface area contributed by atoms with Crippen molar-refractivity contribution in [3.05, 3.63) is 23.8 Å². The summed E-state index contributed by atoms with van der Waals surface area (Å²) in [6.45, 7) is 4.69. The molecule has 3 atom stereocenters. The van der Waals surface area contributed by atoms with E-state index in [-0.39, 0.29) is 30.3 Å². The molecule has 1 saturated carbocycles. The third-order valence-corrected chi connectivity index (χ3v) is 4.81. The van der Waals surface area contributed by atoms with Gasteiger partial charge in [0.1, 0.15) is 19.8 Å². The third-order valence-electron chi connectivity index (χ3n) is 4.81. The highest BCUT2D eigenvalue weighted by molar-refractivity contribution is 5.86. The molecule has 0 saturated heterocycles. The van der Waals surface area contributed by atoms with Crippen LogP contribution >= 0.6 is 0 Å². The zero-order valence-electron chi connectivity index (χ0n) is 14.0. The zero-order chi connectivity index (χ0) is 17.3. The maximum atomic E-state index is 12.7. The van der Waals surface area contributed by atoms with Gasteiger partial charge in [-0.25, -0.2) is 0 Å². The number of nitrogens with zero attached hydrogens (tertiary/aromatic N) is 1. The molecule has 3 rings (SSSR count). The van der Waals surface area contributed by atoms with E-state index in [1.165, 1.54) is 4.90 Å². The van der Waals surface area contributed by atoms with Crippen LogP contribution in [0.5, 0.6) is 11.5 Å². The maximum Gasteiger partial charge on any atom is 0.323 e. The first-order valence-corrected chi connectivity index (χ1v) is 8.43. The molecule has 6 heteroatoms. The molecule has 0 aromatic heterocycles. The smallest absolute Gasteiger partial charge is 0.323 e. The summed E-state index contributed by atoms with van der Waals surface area (Å²) in [6, 6.07) is 5.72. The molecule has 1 amide bonds. The molecular formula is C18H23NO5. The van der Waals surface area contributed by atoms with Gasteiger partial charge in [0.25, 0.3) is 0 Å². The average molecular weight is 333 g/mol. The SMILES string of the molecule is CCC(C)N(CC(=O)O)C(=O)C1CC1c1ccc2c(c1)OCCO2. The number of carboxylic acids is 1. The van der Waals surface area contributed by atoms with Crippen LogP contribution in [0.3, 0.4) is 0 Å². The number of hydrogen-bond acceptors (Lipinski definition) is 4. The Morgan fingerprint density at radius 1 is 1.29 bits per heavy atom. The summed E-state index contributed by atoms with van der Waals surface area (Å²) in [6.07, 6.45) is 1.49. The third kappa shape index (κ3) is 3.32. The topological polar surface area (TPSA) is 76.1 Å². The molecule has 1 N–H and O–H groups in total.